The lowest BCUT2D eigenvalue weighted by Crippen LogP contribution is -2.16. The van der Waals surface area contributed by atoms with E-state index in [0.717, 1.165) is 6.07 Å². The Hall–Kier alpha value is -3.70. The predicted octanol–water partition coefficient (Wildman–Crippen LogP) is 5.20. The maximum atomic E-state index is 14.3. The van der Waals surface area contributed by atoms with E-state index in [4.69, 9.17) is 22.1 Å². The molecule has 0 atom stereocenters. The van der Waals surface area contributed by atoms with Crippen LogP contribution in [0.1, 0.15) is 28.8 Å². The van der Waals surface area contributed by atoms with Crippen LogP contribution in [-0.4, -0.2) is 10.9 Å². The molecule has 0 saturated heterocycles. The molecule has 1 aliphatic rings. The first-order valence-electron chi connectivity index (χ1n) is 9.23. The highest BCUT2D eigenvalue weighted by Crippen LogP contribution is 2.50. The second-order valence-electron chi connectivity index (χ2n) is 7.11. The van der Waals surface area contributed by atoms with Crippen LogP contribution in [-0.2, 0) is 5.41 Å². The molecule has 0 unspecified atom stereocenters. The Bertz CT molecular complexity index is 1220. The van der Waals surface area contributed by atoms with E-state index in [9.17, 15) is 18.8 Å². The third kappa shape index (κ3) is 4.00. The molecule has 0 bridgehead atoms. The molecule has 3 N–H and O–H groups in total. The van der Waals surface area contributed by atoms with Crippen molar-refractivity contribution in [2.75, 3.05) is 11.1 Å². The predicted molar refractivity (Wildman–Crippen MR) is 111 cm³/mol. The van der Waals surface area contributed by atoms with Gasteiger partial charge in [-0.25, -0.2) is 13.8 Å². The molecule has 9 heteroatoms. The molecule has 1 heterocycles. The van der Waals surface area contributed by atoms with Crippen LogP contribution in [0.15, 0.2) is 48.7 Å². The van der Waals surface area contributed by atoms with Gasteiger partial charge in [0, 0.05) is 18.2 Å². The number of pyridine rings is 1. The number of benzene rings is 2. The van der Waals surface area contributed by atoms with E-state index in [-0.39, 0.29) is 27.9 Å². The van der Waals surface area contributed by atoms with Crippen molar-refractivity contribution in [2.45, 2.75) is 18.3 Å². The van der Waals surface area contributed by atoms with Crippen molar-refractivity contribution in [3.63, 3.8) is 0 Å². The molecule has 1 fully saturated rings. The molecule has 2 aromatic carbocycles. The summed E-state index contributed by atoms with van der Waals surface area (Å²) in [6.07, 6.45) is 2.63. The van der Waals surface area contributed by atoms with Crippen molar-refractivity contribution in [1.29, 1.82) is 5.26 Å². The first-order chi connectivity index (χ1) is 14.8. The molecule has 1 aromatic heterocycles. The molecule has 6 nitrogen and oxygen atoms in total. The van der Waals surface area contributed by atoms with E-state index in [1.807, 2.05) is 0 Å². The molecule has 3 aromatic rings. The standard InChI is InChI=1S/C22H15ClF2N4O2/c23-20-13(2-1-3-14(20)22(11-26)6-7-22)21(30)29-17-9-18(16(25)8-15(17)24)31-19-5-4-12(27)10-28-19/h1-5,8-10H,6-7,27H2,(H,29,30). The maximum absolute atomic E-state index is 14.3. The molecule has 0 spiro atoms. The zero-order chi connectivity index (χ0) is 22.2. The minimum absolute atomic E-state index is 0.0407. The summed E-state index contributed by atoms with van der Waals surface area (Å²) in [7, 11) is 0. The van der Waals surface area contributed by atoms with Crippen LogP contribution >= 0.6 is 11.6 Å². The molecule has 1 aliphatic carbocycles. The number of nitrogens with one attached hydrogen (secondary N) is 1. The van der Waals surface area contributed by atoms with Crippen molar-refractivity contribution >= 4 is 28.9 Å². The minimum Gasteiger partial charge on any atom is -0.436 e. The number of anilines is 2. The van der Waals surface area contributed by atoms with Gasteiger partial charge in [0.05, 0.1) is 39.6 Å². The summed E-state index contributed by atoms with van der Waals surface area (Å²) < 4.78 is 33.8. The topological polar surface area (TPSA) is 101 Å². The second-order valence-corrected chi connectivity index (χ2v) is 7.49. The summed E-state index contributed by atoms with van der Waals surface area (Å²) in [6.45, 7) is 0. The summed E-state index contributed by atoms with van der Waals surface area (Å²) in [5.74, 6) is -2.97. The number of carbonyl (C=O) groups excluding carboxylic acids is 1. The van der Waals surface area contributed by atoms with Crippen LogP contribution in [0.25, 0.3) is 0 Å². The zero-order valence-electron chi connectivity index (χ0n) is 16.0. The fraction of sp³-hybridized carbons (Fsp3) is 0.136. The van der Waals surface area contributed by atoms with Crippen LogP contribution in [0.2, 0.25) is 5.02 Å². The van der Waals surface area contributed by atoms with Gasteiger partial charge in [0.2, 0.25) is 5.88 Å². The Morgan fingerprint density at radius 1 is 1.23 bits per heavy atom. The number of hydrogen-bond acceptors (Lipinski definition) is 5. The van der Waals surface area contributed by atoms with Gasteiger partial charge in [-0.05, 0) is 30.5 Å². The highest BCUT2D eigenvalue weighted by molar-refractivity contribution is 6.35. The Kier molecular flexibility index (Phi) is 5.21. The number of carbonyl (C=O) groups is 1. The molecule has 1 saturated carbocycles. The van der Waals surface area contributed by atoms with Gasteiger partial charge in [-0.3, -0.25) is 4.79 Å². The normalized spacial score (nSPS) is 13.9. The number of nitrogens with zero attached hydrogens (tertiary/aromatic N) is 2. The fourth-order valence-electron chi connectivity index (χ4n) is 3.10. The first kappa shape index (κ1) is 20.6. The number of hydrogen-bond donors (Lipinski definition) is 2. The van der Waals surface area contributed by atoms with Gasteiger partial charge in [-0.2, -0.15) is 5.26 Å². The summed E-state index contributed by atoms with van der Waals surface area (Å²) >= 11 is 6.38. The minimum atomic E-state index is -0.994. The van der Waals surface area contributed by atoms with Gasteiger partial charge in [0.1, 0.15) is 5.82 Å². The molecular formula is C22H15ClF2N4O2. The first-order valence-corrected chi connectivity index (χ1v) is 9.61. The van der Waals surface area contributed by atoms with E-state index in [1.54, 1.807) is 12.1 Å². The third-order valence-electron chi connectivity index (χ3n) is 4.97. The number of aromatic nitrogens is 1. The van der Waals surface area contributed by atoms with E-state index in [2.05, 4.69) is 16.4 Å². The molecule has 0 radical (unpaired) electrons. The van der Waals surface area contributed by atoms with Crippen molar-refractivity contribution < 1.29 is 18.3 Å². The van der Waals surface area contributed by atoms with Gasteiger partial charge >= 0.3 is 0 Å². The zero-order valence-corrected chi connectivity index (χ0v) is 16.7. The van der Waals surface area contributed by atoms with E-state index < -0.39 is 23.0 Å². The number of nitrogens with two attached hydrogens (primary N) is 1. The average Bonchev–Trinajstić information content (AvgIpc) is 3.54. The molecule has 0 aliphatic heterocycles. The van der Waals surface area contributed by atoms with Crippen LogP contribution in [0, 0.1) is 23.0 Å². The van der Waals surface area contributed by atoms with Gasteiger partial charge in [-0.15, -0.1) is 0 Å². The molecule has 1 amide bonds. The van der Waals surface area contributed by atoms with Crippen molar-refractivity contribution in [1.82, 2.24) is 4.98 Å². The summed E-state index contributed by atoms with van der Waals surface area (Å²) in [4.78, 5) is 16.7. The monoisotopic (exact) mass is 440 g/mol. The number of ether oxygens (including phenoxy) is 1. The lowest BCUT2D eigenvalue weighted by molar-refractivity contribution is 0.102. The van der Waals surface area contributed by atoms with Gasteiger partial charge in [-0.1, -0.05) is 23.7 Å². The lowest BCUT2D eigenvalue weighted by Gasteiger charge is -2.14. The van der Waals surface area contributed by atoms with E-state index in [0.29, 0.717) is 30.2 Å². The molecule has 4 rings (SSSR count). The van der Waals surface area contributed by atoms with Crippen LogP contribution < -0.4 is 15.8 Å². The third-order valence-corrected chi connectivity index (χ3v) is 5.37. The second kappa shape index (κ2) is 7.85. The fourth-order valence-corrected chi connectivity index (χ4v) is 3.49. The number of halogens is 3. The number of nitrogen functional groups attached to an aromatic ring is 1. The molecule has 31 heavy (non-hydrogen) atoms. The van der Waals surface area contributed by atoms with Crippen LogP contribution in [0.4, 0.5) is 20.2 Å². The van der Waals surface area contributed by atoms with Crippen LogP contribution in [0.5, 0.6) is 11.6 Å². The van der Waals surface area contributed by atoms with E-state index in [1.165, 1.54) is 24.4 Å². The summed E-state index contributed by atoms with van der Waals surface area (Å²) in [5, 5.41) is 11.9. The van der Waals surface area contributed by atoms with Gasteiger partial charge in [0.25, 0.3) is 5.91 Å². The number of amides is 1. The van der Waals surface area contributed by atoms with Gasteiger partial charge < -0.3 is 15.8 Å². The smallest absolute Gasteiger partial charge is 0.257 e. The SMILES string of the molecule is N#CC1(c2cccc(C(=O)Nc3cc(Oc4ccc(N)cn4)c(F)cc3F)c2Cl)CC1. The molecule has 156 valence electrons. The average molecular weight is 441 g/mol. The summed E-state index contributed by atoms with van der Waals surface area (Å²) in [5.41, 5.74) is 5.58. The Morgan fingerprint density at radius 3 is 2.65 bits per heavy atom. The Labute approximate surface area is 181 Å². The van der Waals surface area contributed by atoms with Crippen molar-refractivity contribution in [3.8, 4) is 17.7 Å². The quantitative estimate of drug-likeness (QED) is 0.568. The van der Waals surface area contributed by atoms with E-state index >= 15 is 0 Å². The van der Waals surface area contributed by atoms with Crippen molar-refractivity contribution in [3.05, 3.63) is 76.4 Å². The molecular weight excluding hydrogens is 426 g/mol. The Morgan fingerprint density at radius 2 is 2.00 bits per heavy atom. The Balaban J connectivity index is 1.61. The number of nitriles is 1. The summed E-state index contributed by atoms with van der Waals surface area (Å²) in [6, 6.07) is 11.5. The maximum Gasteiger partial charge on any atom is 0.257 e. The highest BCUT2D eigenvalue weighted by Gasteiger charge is 2.46. The van der Waals surface area contributed by atoms with Crippen LogP contribution in [0.3, 0.4) is 0 Å². The number of rotatable bonds is 5. The van der Waals surface area contributed by atoms with Crippen molar-refractivity contribution in [2.24, 2.45) is 0 Å². The van der Waals surface area contributed by atoms with Gasteiger partial charge in [0.15, 0.2) is 11.6 Å². The lowest BCUT2D eigenvalue weighted by atomic mass is 9.95. The largest absolute Gasteiger partial charge is 0.436 e. The highest BCUT2D eigenvalue weighted by atomic mass is 35.5.